The van der Waals surface area contributed by atoms with Gasteiger partial charge in [-0.2, -0.15) is 0 Å². The Bertz CT molecular complexity index is 579. The molecule has 0 saturated carbocycles. The fourth-order valence-corrected chi connectivity index (χ4v) is 3.05. The second-order valence-corrected chi connectivity index (χ2v) is 7.53. The zero-order chi connectivity index (χ0) is 15.5. The third-order valence-corrected chi connectivity index (χ3v) is 4.63. The zero-order valence-corrected chi connectivity index (χ0v) is 14.1. The molecule has 21 heavy (non-hydrogen) atoms. The van der Waals surface area contributed by atoms with Gasteiger partial charge in [0.25, 0.3) is 0 Å². The molecule has 0 spiro atoms. The van der Waals surface area contributed by atoms with Gasteiger partial charge in [-0.1, -0.05) is 57.2 Å². The highest BCUT2D eigenvalue weighted by Gasteiger charge is 2.12. The minimum atomic E-state index is -0.406. The molecule has 0 aromatic heterocycles. The summed E-state index contributed by atoms with van der Waals surface area (Å²) in [5.41, 5.74) is 3.88. The summed E-state index contributed by atoms with van der Waals surface area (Å²) in [7, 11) is 0. The second kappa shape index (κ2) is 6.67. The standard InChI is InChI=1S/C19H24OS/c1-14(20)16-6-5-7-18(12-16)21-13-15-8-10-17(11-9-15)19(2,3)4/h5-12,14,20H,13H2,1-4H3. The van der Waals surface area contributed by atoms with Gasteiger partial charge in [-0.3, -0.25) is 0 Å². The molecule has 1 atom stereocenters. The Hall–Kier alpha value is -1.25. The van der Waals surface area contributed by atoms with Crippen molar-refractivity contribution in [1.82, 2.24) is 0 Å². The Morgan fingerprint density at radius 2 is 1.71 bits per heavy atom. The molecule has 0 heterocycles. The van der Waals surface area contributed by atoms with Crippen molar-refractivity contribution in [3.8, 4) is 0 Å². The van der Waals surface area contributed by atoms with Crippen LogP contribution in [0.25, 0.3) is 0 Å². The van der Waals surface area contributed by atoms with E-state index >= 15 is 0 Å². The molecule has 0 aliphatic rings. The van der Waals surface area contributed by atoms with E-state index in [1.807, 2.05) is 23.9 Å². The summed E-state index contributed by atoms with van der Waals surface area (Å²) in [4.78, 5) is 1.20. The van der Waals surface area contributed by atoms with Crippen molar-refractivity contribution in [1.29, 1.82) is 0 Å². The third-order valence-electron chi connectivity index (χ3n) is 3.57. The lowest BCUT2D eigenvalue weighted by Crippen LogP contribution is -2.10. The summed E-state index contributed by atoms with van der Waals surface area (Å²) in [6.45, 7) is 8.50. The smallest absolute Gasteiger partial charge is 0.0762 e. The van der Waals surface area contributed by atoms with Gasteiger partial charge >= 0.3 is 0 Å². The Labute approximate surface area is 132 Å². The van der Waals surface area contributed by atoms with Gasteiger partial charge in [0, 0.05) is 10.6 Å². The quantitative estimate of drug-likeness (QED) is 0.770. The largest absolute Gasteiger partial charge is 0.389 e. The van der Waals surface area contributed by atoms with Gasteiger partial charge in [-0.15, -0.1) is 11.8 Å². The van der Waals surface area contributed by atoms with Crippen LogP contribution in [-0.4, -0.2) is 5.11 Å². The minimum absolute atomic E-state index is 0.206. The lowest BCUT2D eigenvalue weighted by atomic mass is 9.87. The van der Waals surface area contributed by atoms with Crippen LogP contribution < -0.4 is 0 Å². The fraction of sp³-hybridized carbons (Fsp3) is 0.368. The lowest BCUT2D eigenvalue weighted by Gasteiger charge is -2.19. The molecule has 2 rings (SSSR count). The molecule has 1 N–H and O–H groups in total. The van der Waals surface area contributed by atoms with Crippen molar-refractivity contribution in [2.75, 3.05) is 0 Å². The van der Waals surface area contributed by atoms with Gasteiger partial charge in [-0.05, 0) is 41.2 Å². The van der Waals surface area contributed by atoms with Crippen molar-refractivity contribution in [2.24, 2.45) is 0 Å². The summed E-state index contributed by atoms with van der Waals surface area (Å²) in [5, 5.41) is 9.63. The Morgan fingerprint density at radius 3 is 2.29 bits per heavy atom. The maximum Gasteiger partial charge on any atom is 0.0762 e. The molecule has 0 aliphatic heterocycles. The maximum absolute atomic E-state index is 9.63. The van der Waals surface area contributed by atoms with Crippen LogP contribution in [0.2, 0.25) is 0 Å². The molecule has 0 fully saturated rings. The van der Waals surface area contributed by atoms with Crippen LogP contribution >= 0.6 is 11.8 Å². The highest BCUT2D eigenvalue weighted by Crippen LogP contribution is 2.27. The van der Waals surface area contributed by atoms with Crippen molar-refractivity contribution in [2.45, 2.75) is 49.9 Å². The number of hydrogen-bond acceptors (Lipinski definition) is 2. The maximum atomic E-state index is 9.63. The molecule has 0 bridgehead atoms. The van der Waals surface area contributed by atoms with Crippen LogP contribution in [-0.2, 0) is 11.2 Å². The molecule has 0 saturated heterocycles. The van der Waals surface area contributed by atoms with Crippen LogP contribution in [0.15, 0.2) is 53.4 Å². The summed E-state index contributed by atoms with van der Waals surface area (Å²) < 4.78 is 0. The molecule has 1 nitrogen and oxygen atoms in total. The van der Waals surface area contributed by atoms with Gasteiger partial charge in [0.2, 0.25) is 0 Å². The first-order valence-corrected chi connectivity index (χ1v) is 8.35. The van der Waals surface area contributed by atoms with E-state index in [-0.39, 0.29) is 5.41 Å². The number of hydrogen-bond donors (Lipinski definition) is 1. The molecule has 2 aromatic carbocycles. The van der Waals surface area contributed by atoms with Crippen molar-refractivity contribution < 1.29 is 5.11 Å². The molecule has 112 valence electrons. The second-order valence-electron chi connectivity index (χ2n) is 6.48. The molecule has 2 heteroatoms. The highest BCUT2D eigenvalue weighted by molar-refractivity contribution is 7.98. The summed E-state index contributed by atoms with van der Waals surface area (Å²) in [6, 6.07) is 17.0. The van der Waals surface area contributed by atoms with E-state index in [1.54, 1.807) is 6.92 Å². The van der Waals surface area contributed by atoms with E-state index in [0.717, 1.165) is 11.3 Å². The molecular formula is C19H24OS. The summed E-state index contributed by atoms with van der Waals surface area (Å²) in [5.74, 6) is 0.952. The molecule has 0 radical (unpaired) electrons. The number of aliphatic hydroxyl groups excluding tert-OH is 1. The minimum Gasteiger partial charge on any atom is -0.389 e. The monoisotopic (exact) mass is 300 g/mol. The van der Waals surface area contributed by atoms with Crippen molar-refractivity contribution in [3.05, 3.63) is 65.2 Å². The summed E-state index contributed by atoms with van der Waals surface area (Å²) >= 11 is 1.81. The van der Waals surface area contributed by atoms with Crippen LogP contribution in [0.3, 0.4) is 0 Å². The third kappa shape index (κ3) is 4.62. The Morgan fingerprint density at radius 1 is 1.05 bits per heavy atom. The Kier molecular flexibility index (Phi) is 5.13. The molecule has 2 aromatic rings. The van der Waals surface area contributed by atoms with Gasteiger partial charge in [-0.25, -0.2) is 0 Å². The molecule has 1 unspecified atom stereocenters. The van der Waals surface area contributed by atoms with E-state index in [9.17, 15) is 5.11 Å². The highest BCUT2D eigenvalue weighted by atomic mass is 32.2. The first-order valence-electron chi connectivity index (χ1n) is 7.36. The van der Waals surface area contributed by atoms with Crippen LogP contribution in [0.1, 0.15) is 50.5 Å². The number of thioether (sulfide) groups is 1. The van der Waals surface area contributed by atoms with Gasteiger partial charge in [0.05, 0.1) is 6.10 Å². The van der Waals surface area contributed by atoms with Crippen LogP contribution in [0.5, 0.6) is 0 Å². The predicted molar refractivity (Wildman–Crippen MR) is 91.8 cm³/mol. The van der Waals surface area contributed by atoms with Crippen molar-refractivity contribution in [3.63, 3.8) is 0 Å². The zero-order valence-electron chi connectivity index (χ0n) is 13.3. The van der Waals surface area contributed by atoms with Crippen molar-refractivity contribution >= 4 is 11.8 Å². The fourth-order valence-electron chi connectivity index (χ4n) is 2.13. The lowest BCUT2D eigenvalue weighted by molar-refractivity contribution is 0.199. The van der Waals surface area contributed by atoms with E-state index in [0.29, 0.717) is 0 Å². The van der Waals surface area contributed by atoms with E-state index < -0.39 is 6.10 Å². The molecule has 0 amide bonds. The molecular weight excluding hydrogens is 276 g/mol. The van der Waals surface area contributed by atoms with Gasteiger partial charge in [0.15, 0.2) is 0 Å². The summed E-state index contributed by atoms with van der Waals surface area (Å²) in [6.07, 6.45) is -0.406. The van der Waals surface area contributed by atoms with E-state index in [2.05, 4.69) is 57.2 Å². The first-order chi connectivity index (χ1) is 9.86. The predicted octanol–water partition coefficient (Wildman–Crippen LogP) is 5.33. The topological polar surface area (TPSA) is 20.2 Å². The number of aliphatic hydroxyl groups is 1. The average Bonchev–Trinajstić information content (AvgIpc) is 2.45. The average molecular weight is 300 g/mol. The van der Waals surface area contributed by atoms with E-state index in [4.69, 9.17) is 0 Å². The Balaban J connectivity index is 2.01. The van der Waals surface area contributed by atoms with E-state index in [1.165, 1.54) is 16.0 Å². The SMILES string of the molecule is CC(O)c1cccc(SCc2ccc(C(C)(C)C)cc2)c1. The van der Waals surface area contributed by atoms with Crippen LogP contribution in [0.4, 0.5) is 0 Å². The first kappa shape index (κ1) is 16.1. The number of rotatable bonds is 4. The van der Waals surface area contributed by atoms with Gasteiger partial charge in [0.1, 0.15) is 0 Å². The van der Waals surface area contributed by atoms with Gasteiger partial charge < -0.3 is 5.11 Å². The molecule has 0 aliphatic carbocycles. The van der Waals surface area contributed by atoms with Crippen LogP contribution in [0, 0.1) is 0 Å². The number of benzene rings is 2. The normalized spacial score (nSPS) is 13.2.